The lowest BCUT2D eigenvalue weighted by atomic mass is 10.2. The molecule has 1 aliphatic heterocycles. The lowest BCUT2D eigenvalue weighted by molar-refractivity contribution is 0.125. The van der Waals surface area contributed by atoms with Gasteiger partial charge in [0.1, 0.15) is 0 Å². The van der Waals surface area contributed by atoms with Crippen LogP contribution in [0.5, 0.6) is 0 Å². The van der Waals surface area contributed by atoms with Gasteiger partial charge >= 0.3 is 6.03 Å². The number of anilines is 1. The zero-order valence-electron chi connectivity index (χ0n) is 14.8. The van der Waals surface area contributed by atoms with Gasteiger partial charge in [0.05, 0.1) is 22.8 Å². The van der Waals surface area contributed by atoms with Gasteiger partial charge in [-0.3, -0.25) is 0 Å². The number of carbonyl (C=O) groups excluding carboxylic acids is 1. The molecule has 24 heavy (non-hydrogen) atoms. The van der Waals surface area contributed by atoms with Gasteiger partial charge in [-0.05, 0) is 40.0 Å². The number of carbonyl (C=O) groups is 1. The quantitative estimate of drug-likeness (QED) is 0.922. The number of aromatic nitrogens is 2. The van der Waals surface area contributed by atoms with Crippen molar-refractivity contribution in [1.82, 2.24) is 19.6 Å². The summed E-state index contributed by atoms with van der Waals surface area (Å²) in [4.78, 5) is 16.8. The monoisotopic (exact) mass is 327 g/mol. The number of likely N-dealkylation sites (N-methyl/N-ethyl adjacent to an activating group) is 1. The van der Waals surface area contributed by atoms with Gasteiger partial charge in [0.15, 0.2) is 0 Å². The topological polar surface area (TPSA) is 53.4 Å². The number of hydrogen-bond acceptors (Lipinski definition) is 3. The van der Waals surface area contributed by atoms with Crippen molar-refractivity contribution >= 4 is 11.7 Å². The minimum Gasteiger partial charge on any atom is -0.319 e. The van der Waals surface area contributed by atoms with E-state index >= 15 is 0 Å². The van der Waals surface area contributed by atoms with E-state index in [0.717, 1.165) is 42.4 Å². The number of piperazine rings is 1. The summed E-state index contributed by atoms with van der Waals surface area (Å²) in [7, 11) is 2.09. The molecule has 0 saturated carbocycles. The standard InChI is InChI=1S/C18H25N5O/c1-13-12-21(4)10-11-22(13)18(24)19-17-14(2)20-23(15(17)3)16-8-6-5-7-9-16/h5-9,13H,10-12H2,1-4H3,(H,19,24)/t13-/m0/s1. The molecule has 1 fully saturated rings. The molecule has 6 heteroatoms. The second-order valence-corrected chi connectivity index (χ2v) is 6.53. The fraction of sp³-hybridized carbons (Fsp3) is 0.444. The highest BCUT2D eigenvalue weighted by Gasteiger charge is 2.27. The lowest BCUT2D eigenvalue weighted by Gasteiger charge is -2.38. The van der Waals surface area contributed by atoms with Gasteiger partial charge in [0, 0.05) is 25.7 Å². The van der Waals surface area contributed by atoms with Crippen LogP contribution in [0.1, 0.15) is 18.3 Å². The SMILES string of the molecule is Cc1nn(-c2ccccc2)c(C)c1NC(=O)N1CCN(C)C[C@@H]1C. The van der Waals surface area contributed by atoms with Crippen LogP contribution in [0.3, 0.4) is 0 Å². The number of rotatable bonds is 2. The van der Waals surface area contributed by atoms with Crippen LogP contribution in [0.25, 0.3) is 5.69 Å². The normalized spacial score (nSPS) is 18.7. The number of urea groups is 1. The van der Waals surface area contributed by atoms with E-state index in [0.29, 0.717) is 0 Å². The molecule has 0 radical (unpaired) electrons. The van der Waals surface area contributed by atoms with Gasteiger partial charge < -0.3 is 15.1 Å². The molecule has 1 N–H and O–H groups in total. The second kappa shape index (κ2) is 6.65. The summed E-state index contributed by atoms with van der Waals surface area (Å²) in [5.74, 6) is 0. The number of nitrogens with one attached hydrogen (secondary N) is 1. The smallest absolute Gasteiger partial charge is 0.319 e. The first-order chi connectivity index (χ1) is 11.5. The van der Waals surface area contributed by atoms with Gasteiger partial charge in [0.2, 0.25) is 0 Å². The van der Waals surface area contributed by atoms with Gasteiger partial charge in [-0.1, -0.05) is 18.2 Å². The Kier molecular flexibility index (Phi) is 4.57. The molecule has 1 aliphatic rings. The van der Waals surface area contributed by atoms with E-state index in [2.05, 4.69) is 29.3 Å². The molecule has 2 aromatic rings. The predicted octanol–water partition coefficient (Wildman–Crippen LogP) is 2.66. The maximum atomic E-state index is 12.7. The van der Waals surface area contributed by atoms with Crippen molar-refractivity contribution in [3.05, 3.63) is 41.7 Å². The maximum absolute atomic E-state index is 12.7. The van der Waals surface area contributed by atoms with Crippen molar-refractivity contribution in [3.63, 3.8) is 0 Å². The number of para-hydroxylation sites is 1. The predicted molar refractivity (Wildman–Crippen MR) is 95.7 cm³/mol. The Bertz CT molecular complexity index is 725. The highest BCUT2D eigenvalue weighted by molar-refractivity contribution is 5.91. The summed E-state index contributed by atoms with van der Waals surface area (Å²) in [6, 6.07) is 10.1. The minimum atomic E-state index is -0.0468. The summed E-state index contributed by atoms with van der Waals surface area (Å²) < 4.78 is 1.87. The van der Waals surface area contributed by atoms with E-state index in [1.165, 1.54) is 0 Å². The Balaban J connectivity index is 1.81. The molecule has 2 amide bonds. The highest BCUT2D eigenvalue weighted by Crippen LogP contribution is 2.23. The molecule has 0 bridgehead atoms. The van der Waals surface area contributed by atoms with E-state index in [9.17, 15) is 4.79 Å². The van der Waals surface area contributed by atoms with E-state index in [-0.39, 0.29) is 12.1 Å². The van der Waals surface area contributed by atoms with Gasteiger partial charge in [-0.15, -0.1) is 0 Å². The Morgan fingerprint density at radius 2 is 1.92 bits per heavy atom. The molecule has 2 heterocycles. The van der Waals surface area contributed by atoms with Crippen molar-refractivity contribution in [3.8, 4) is 5.69 Å². The number of amides is 2. The number of benzene rings is 1. The third-order valence-electron chi connectivity index (χ3n) is 4.62. The first-order valence-electron chi connectivity index (χ1n) is 8.35. The fourth-order valence-electron chi connectivity index (χ4n) is 3.26. The number of aryl methyl sites for hydroxylation is 1. The molecule has 1 aromatic heterocycles. The van der Waals surface area contributed by atoms with Crippen LogP contribution in [0, 0.1) is 13.8 Å². The molecule has 0 spiro atoms. The largest absolute Gasteiger partial charge is 0.322 e. The van der Waals surface area contributed by atoms with Crippen molar-refractivity contribution in [2.75, 3.05) is 32.0 Å². The maximum Gasteiger partial charge on any atom is 0.322 e. The molecular weight excluding hydrogens is 302 g/mol. The number of nitrogens with zero attached hydrogens (tertiary/aromatic N) is 4. The molecule has 128 valence electrons. The average Bonchev–Trinajstić information content (AvgIpc) is 2.83. The van der Waals surface area contributed by atoms with Crippen molar-refractivity contribution < 1.29 is 4.79 Å². The molecule has 0 aliphatic carbocycles. The molecule has 1 saturated heterocycles. The summed E-state index contributed by atoms with van der Waals surface area (Å²) in [6.07, 6.45) is 0. The van der Waals surface area contributed by atoms with Crippen LogP contribution in [-0.2, 0) is 0 Å². The van der Waals surface area contributed by atoms with E-state index < -0.39 is 0 Å². The van der Waals surface area contributed by atoms with E-state index in [1.807, 2.05) is 53.8 Å². The summed E-state index contributed by atoms with van der Waals surface area (Å²) >= 11 is 0. The summed E-state index contributed by atoms with van der Waals surface area (Å²) in [5, 5.41) is 7.65. The molecule has 6 nitrogen and oxygen atoms in total. The van der Waals surface area contributed by atoms with Crippen LogP contribution in [0.15, 0.2) is 30.3 Å². The van der Waals surface area contributed by atoms with Gasteiger partial charge in [-0.25, -0.2) is 9.48 Å². The molecule has 1 atom stereocenters. The average molecular weight is 327 g/mol. The number of hydrogen-bond donors (Lipinski definition) is 1. The Morgan fingerprint density at radius 1 is 1.21 bits per heavy atom. The molecule has 1 aromatic carbocycles. The van der Waals surface area contributed by atoms with Gasteiger partial charge in [-0.2, -0.15) is 5.10 Å². The van der Waals surface area contributed by atoms with E-state index in [1.54, 1.807) is 0 Å². The Hall–Kier alpha value is -2.34. The fourth-order valence-corrected chi connectivity index (χ4v) is 3.26. The zero-order valence-corrected chi connectivity index (χ0v) is 14.8. The third-order valence-corrected chi connectivity index (χ3v) is 4.62. The molecular formula is C18H25N5O. The van der Waals surface area contributed by atoms with E-state index in [4.69, 9.17) is 0 Å². The van der Waals surface area contributed by atoms with Crippen LogP contribution in [0.4, 0.5) is 10.5 Å². The van der Waals surface area contributed by atoms with Crippen LogP contribution >= 0.6 is 0 Å². The molecule has 0 unspecified atom stereocenters. The summed E-state index contributed by atoms with van der Waals surface area (Å²) in [6.45, 7) is 8.54. The highest BCUT2D eigenvalue weighted by atomic mass is 16.2. The van der Waals surface area contributed by atoms with Crippen LogP contribution < -0.4 is 5.32 Å². The van der Waals surface area contributed by atoms with Crippen molar-refractivity contribution in [2.45, 2.75) is 26.8 Å². The first-order valence-corrected chi connectivity index (χ1v) is 8.35. The van der Waals surface area contributed by atoms with Crippen LogP contribution in [-0.4, -0.2) is 58.3 Å². The second-order valence-electron chi connectivity index (χ2n) is 6.53. The van der Waals surface area contributed by atoms with Crippen LogP contribution in [0.2, 0.25) is 0 Å². The van der Waals surface area contributed by atoms with Crippen molar-refractivity contribution in [1.29, 1.82) is 0 Å². The Labute approximate surface area is 143 Å². The lowest BCUT2D eigenvalue weighted by Crippen LogP contribution is -2.54. The minimum absolute atomic E-state index is 0.0468. The van der Waals surface area contributed by atoms with Gasteiger partial charge in [0.25, 0.3) is 0 Å². The first kappa shape index (κ1) is 16.5. The molecule has 3 rings (SSSR count). The van der Waals surface area contributed by atoms with Crippen molar-refractivity contribution in [2.24, 2.45) is 0 Å². The third kappa shape index (κ3) is 3.14. The zero-order chi connectivity index (χ0) is 17.3. The Morgan fingerprint density at radius 3 is 2.58 bits per heavy atom. The summed E-state index contributed by atoms with van der Waals surface area (Å²) in [5.41, 5.74) is 3.56.